The maximum atomic E-state index is 13.9. The first-order chi connectivity index (χ1) is 16.5. The number of pyridine rings is 1. The molecule has 7 heteroatoms. The number of fused-ring (bicyclic) bond motifs is 1. The minimum Gasteiger partial charge on any atom is -0.354 e. The predicted molar refractivity (Wildman–Crippen MR) is 130 cm³/mol. The largest absolute Gasteiger partial charge is 0.354 e. The number of aromatic amines is 1. The molecule has 0 saturated heterocycles. The van der Waals surface area contributed by atoms with Crippen LogP contribution in [0.4, 0.5) is 0 Å². The number of nitrogens with one attached hydrogen (secondary N) is 3. The van der Waals surface area contributed by atoms with Gasteiger partial charge in [-0.2, -0.15) is 5.26 Å². The van der Waals surface area contributed by atoms with E-state index in [2.05, 4.69) is 26.7 Å². The highest BCUT2D eigenvalue weighted by Crippen LogP contribution is 2.29. The lowest BCUT2D eigenvalue weighted by molar-refractivity contribution is 0.0866. The molecule has 2 heterocycles. The van der Waals surface area contributed by atoms with Gasteiger partial charge >= 0.3 is 0 Å². The number of Topliss-reactive ketones (excluding diaryl/α,β-unsaturated/α-hetero) is 1. The lowest BCUT2D eigenvalue weighted by Crippen LogP contribution is -2.47. The van der Waals surface area contributed by atoms with E-state index in [4.69, 9.17) is 5.26 Å². The number of ketones is 1. The normalized spacial score (nSPS) is 12.6. The Morgan fingerprint density at radius 1 is 1.06 bits per heavy atom. The summed E-state index contributed by atoms with van der Waals surface area (Å²) in [6.45, 7) is 2.44. The quantitative estimate of drug-likeness (QED) is 0.354. The summed E-state index contributed by atoms with van der Waals surface area (Å²) in [5, 5.41) is 15.7. The average Bonchev–Trinajstić information content (AvgIpc) is 3.31. The lowest BCUT2D eigenvalue weighted by atomic mass is 9.84. The van der Waals surface area contributed by atoms with Crippen LogP contribution >= 0.6 is 0 Å². The first-order valence-corrected chi connectivity index (χ1v) is 11.0. The second-order valence-corrected chi connectivity index (χ2v) is 8.18. The molecule has 1 atom stereocenters. The molecule has 2 aromatic heterocycles. The average molecular weight is 452 g/mol. The van der Waals surface area contributed by atoms with Gasteiger partial charge in [-0.15, -0.1) is 0 Å². The van der Waals surface area contributed by atoms with Gasteiger partial charge in [0.25, 0.3) is 5.91 Å². The molecule has 34 heavy (non-hydrogen) atoms. The molecule has 0 aliphatic rings. The molecule has 4 rings (SSSR count). The zero-order chi connectivity index (χ0) is 24.1. The highest BCUT2D eigenvalue weighted by Gasteiger charge is 2.36. The van der Waals surface area contributed by atoms with Crippen molar-refractivity contribution in [3.05, 3.63) is 101 Å². The van der Waals surface area contributed by atoms with E-state index in [9.17, 15) is 9.59 Å². The van der Waals surface area contributed by atoms with Crippen LogP contribution in [-0.4, -0.2) is 35.3 Å². The molecular formula is C27H25N5O2. The van der Waals surface area contributed by atoms with Crippen LogP contribution in [0.25, 0.3) is 11.0 Å². The van der Waals surface area contributed by atoms with Crippen molar-refractivity contribution in [1.82, 2.24) is 20.6 Å². The Labute approximate surface area is 197 Å². The monoisotopic (exact) mass is 451 g/mol. The number of nitriles is 1. The lowest BCUT2D eigenvalue weighted by Gasteiger charge is -2.30. The van der Waals surface area contributed by atoms with Crippen molar-refractivity contribution >= 4 is 22.7 Å². The van der Waals surface area contributed by atoms with Crippen LogP contribution in [0.2, 0.25) is 0 Å². The van der Waals surface area contributed by atoms with Gasteiger partial charge in [0, 0.05) is 30.7 Å². The van der Waals surface area contributed by atoms with Crippen molar-refractivity contribution in [2.75, 3.05) is 13.6 Å². The van der Waals surface area contributed by atoms with Crippen molar-refractivity contribution in [2.45, 2.75) is 18.9 Å². The second kappa shape index (κ2) is 9.69. The molecule has 0 spiro atoms. The molecule has 1 unspecified atom stereocenters. The number of hydrogen-bond acceptors (Lipinski definition) is 5. The number of aromatic nitrogens is 2. The highest BCUT2D eigenvalue weighted by molar-refractivity contribution is 6.12. The van der Waals surface area contributed by atoms with E-state index in [-0.39, 0.29) is 17.4 Å². The van der Waals surface area contributed by atoms with Gasteiger partial charge < -0.3 is 15.6 Å². The van der Waals surface area contributed by atoms with Crippen molar-refractivity contribution in [3.63, 3.8) is 0 Å². The van der Waals surface area contributed by atoms with Crippen molar-refractivity contribution in [2.24, 2.45) is 0 Å². The number of amides is 1. The minimum atomic E-state index is -0.984. The summed E-state index contributed by atoms with van der Waals surface area (Å²) in [5.74, 6) is -0.387. The number of benzene rings is 2. The summed E-state index contributed by atoms with van der Waals surface area (Å²) in [6, 6.07) is 22.5. The Morgan fingerprint density at radius 2 is 1.79 bits per heavy atom. The first-order valence-electron chi connectivity index (χ1n) is 11.0. The Bertz CT molecular complexity index is 1370. The summed E-state index contributed by atoms with van der Waals surface area (Å²) in [6.07, 6.45) is 2.35. The standard InChI is InChI=1S/C27H25N5O2/c1-27(20-6-4-3-5-7-20,31-15-14-18-8-10-19(16-28)11-9-18)24(33)22-17-30-25-21(22)12-13-23(32-25)26(34)29-2/h3-13,17,31H,14-15H2,1-2H3,(H,29,34)(H,30,32). The molecule has 2 aromatic carbocycles. The van der Waals surface area contributed by atoms with E-state index in [0.717, 1.165) is 11.1 Å². The summed E-state index contributed by atoms with van der Waals surface area (Å²) in [4.78, 5) is 33.2. The number of nitrogens with zero attached hydrogens (tertiary/aromatic N) is 2. The molecule has 0 aliphatic carbocycles. The Hall–Kier alpha value is -4.28. The van der Waals surface area contributed by atoms with Crippen LogP contribution in [0, 0.1) is 11.3 Å². The summed E-state index contributed by atoms with van der Waals surface area (Å²) in [7, 11) is 1.55. The van der Waals surface area contributed by atoms with Gasteiger partial charge in [-0.1, -0.05) is 42.5 Å². The summed E-state index contributed by atoms with van der Waals surface area (Å²) < 4.78 is 0. The van der Waals surface area contributed by atoms with Crippen molar-refractivity contribution in [3.8, 4) is 6.07 Å². The third kappa shape index (κ3) is 4.45. The molecule has 0 fully saturated rings. The Morgan fingerprint density at radius 3 is 2.47 bits per heavy atom. The van der Waals surface area contributed by atoms with E-state index in [0.29, 0.717) is 35.1 Å². The van der Waals surface area contributed by atoms with E-state index in [1.165, 1.54) is 0 Å². The van der Waals surface area contributed by atoms with Gasteiger partial charge in [-0.25, -0.2) is 4.98 Å². The first kappa shape index (κ1) is 22.9. The SMILES string of the molecule is CNC(=O)c1ccc2c(C(=O)C(C)(NCCc3ccc(C#N)cc3)c3ccccc3)c[nH]c2n1. The molecule has 7 nitrogen and oxygen atoms in total. The van der Waals surface area contributed by atoms with Gasteiger partial charge in [-0.3, -0.25) is 9.59 Å². The fourth-order valence-electron chi connectivity index (χ4n) is 4.00. The number of carbonyl (C=O) groups is 2. The predicted octanol–water partition coefficient (Wildman–Crippen LogP) is 3.72. The zero-order valence-corrected chi connectivity index (χ0v) is 19.1. The van der Waals surface area contributed by atoms with Crippen molar-refractivity contribution in [1.29, 1.82) is 5.26 Å². The fourth-order valence-corrected chi connectivity index (χ4v) is 4.00. The van der Waals surface area contributed by atoms with Crippen LogP contribution in [0.1, 0.15) is 44.5 Å². The molecule has 0 bridgehead atoms. The molecule has 170 valence electrons. The molecule has 3 N–H and O–H groups in total. The van der Waals surface area contributed by atoms with Crippen LogP contribution in [-0.2, 0) is 12.0 Å². The van der Waals surface area contributed by atoms with Gasteiger partial charge in [0.05, 0.1) is 11.6 Å². The molecule has 4 aromatic rings. The number of carbonyl (C=O) groups excluding carboxylic acids is 2. The zero-order valence-electron chi connectivity index (χ0n) is 19.1. The van der Waals surface area contributed by atoms with Gasteiger partial charge in [-0.05, 0) is 48.7 Å². The second-order valence-electron chi connectivity index (χ2n) is 8.18. The van der Waals surface area contributed by atoms with E-state index in [1.807, 2.05) is 49.4 Å². The number of hydrogen-bond donors (Lipinski definition) is 3. The van der Waals surface area contributed by atoms with Gasteiger partial charge in [0.2, 0.25) is 0 Å². The van der Waals surface area contributed by atoms with Gasteiger partial charge in [0.1, 0.15) is 16.9 Å². The summed E-state index contributed by atoms with van der Waals surface area (Å²) in [5.41, 5.74) is 2.83. The topological polar surface area (TPSA) is 111 Å². The van der Waals surface area contributed by atoms with Crippen LogP contribution in [0.15, 0.2) is 72.9 Å². The van der Waals surface area contributed by atoms with E-state index in [1.54, 1.807) is 37.5 Å². The smallest absolute Gasteiger partial charge is 0.269 e. The number of rotatable bonds is 8. The van der Waals surface area contributed by atoms with E-state index >= 15 is 0 Å². The molecule has 0 saturated carbocycles. The van der Waals surface area contributed by atoms with E-state index < -0.39 is 5.54 Å². The Balaban J connectivity index is 1.63. The summed E-state index contributed by atoms with van der Waals surface area (Å²) >= 11 is 0. The number of H-pyrrole nitrogens is 1. The third-order valence-electron chi connectivity index (χ3n) is 6.02. The maximum Gasteiger partial charge on any atom is 0.269 e. The van der Waals surface area contributed by atoms with Crippen LogP contribution in [0.3, 0.4) is 0 Å². The minimum absolute atomic E-state index is 0.0979. The highest BCUT2D eigenvalue weighted by atomic mass is 16.1. The molecule has 0 aliphatic heterocycles. The van der Waals surface area contributed by atoms with Gasteiger partial charge in [0.15, 0.2) is 5.78 Å². The molecule has 1 amide bonds. The fraction of sp³-hybridized carbons (Fsp3) is 0.185. The third-order valence-corrected chi connectivity index (χ3v) is 6.02. The van der Waals surface area contributed by atoms with Crippen LogP contribution < -0.4 is 10.6 Å². The van der Waals surface area contributed by atoms with Crippen LogP contribution in [0.5, 0.6) is 0 Å². The molecular weight excluding hydrogens is 426 g/mol. The maximum absolute atomic E-state index is 13.9. The Kier molecular flexibility index (Phi) is 6.53. The van der Waals surface area contributed by atoms with Crippen molar-refractivity contribution < 1.29 is 9.59 Å². The molecule has 0 radical (unpaired) electrons.